The van der Waals surface area contributed by atoms with Crippen LogP contribution in [0.2, 0.25) is 0 Å². The summed E-state index contributed by atoms with van der Waals surface area (Å²) in [5.74, 6) is -3.00. The number of anilines is 2. The fourth-order valence-corrected chi connectivity index (χ4v) is 7.09. The average molecular weight is 635 g/mol. The monoisotopic (exact) mass is 634 g/mol. The van der Waals surface area contributed by atoms with E-state index in [0.717, 1.165) is 10.8 Å². The molecule has 12 heteroatoms. The Balaban J connectivity index is 1.63. The Hall–Kier alpha value is -4.71. The van der Waals surface area contributed by atoms with Crippen LogP contribution in [0.25, 0.3) is 10.8 Å². The van der Waals surface area contributed by atoms with Gasteiger partial charge in [0.15, 0.2) is 21.4 Å². The van der Waals surface area contributed by atoms with Crippen molar-refractivity contribution < 1.29 is 32.2 Å². The average Bonchev–Trinajstić information content (AvgIpc) is 3.46. The molecule has 2 heterocycles. The topological polar surface area (TPSA) is 152 Å². The number of carboxylic acid groups (broad SMARTS) is 1. The van der Waals surface area contributed by atoms with Gasteiger partial charge in [0.25, 0.3) is 0 Å². The molecule has 1 amide bonds. The molecule has 1 aromatic heterocycles. The standard InChI is InChI=1S/C33H35FN4O6S/c1-4-44-27-18-21(9-12-26(27)34)29(37-22-10-11-23-20(17-22)13-15-36-31(23)35)32(39)38-16-14-25(33(40)41)30(38)24-7-5-6-8-28(24)45(42,43)19(2)3/h5-13,15,17-19,25,29-30,37H,4,14,16H2,1-3H3,(H2,35,36)(H,40,41)/t25-,29?,30-/m1/s1. The molecule has 0 aliphatic carbocycles. The van der Waals surface area contributed by atoms with E-state index < -0.39 is 50.8 Å². The van der Waals surface area contributed by atoms with Gasteiger partial charge < -0.3 is 25.8 Å². The van der Waals surface area contributed by atoms with Crippen LogP contribution in [0, 0.1) is 11.7 Å². The molecule has 4 N–H and O–H groups in total. The second kappa shape index (κ2) is 12.7. The van der Waals surface area contributed by atoms with Gasteiger partial charge in [-0.1, -0.05) is 24.3 Å². The number of hydrogen-bond acceptors (Lipinski definition) is 8. The zero-order chi connectivity index (χ0) is 32.5. The van der Waals surface area contributed by atoms with Gasteiger partial charge in [-0.2, -0.15) is 0 Å². The molecular formula is C33H35FN4O6S. The fraction of sp³-hybridized carbons (Fsp3) is 0.303. The summed E-state index contributed by atoms with van der Waals surface area (Å²) in [6.07, 6.45) is 1.69. The van der Waals surface area contributed by atoms with Crippen molar-refractivity contribution in [2.45, 2.75) is 49.4 Å². The van der Waals surface area contributed by atoms with Gasteiger partial charge in [-0.3, -0.25) is 9.59 Å². The molecule has 45 heavy (non-hydrogen) atoms. The highest BCUT2D eigenvalue weighted by Gasteiger charge is 2.46. The number of nitrogens with two attached hydrogens (primary N) is 1. The number of pyridine rings is 1. The van der Waals surface area contributed by atoms with Gasteiger partial charge in [-0.15, -0.1) is 0 Å². The quantitative estimate of drug-likeness (QED) is 0.209. The zero-order valence-corrected chi connectivity index (χ0v) is 25.9. The minimum absolute atomic E-state index is 0.0124. The number of hydrogen-bond donors (Lipinski definition) is 3. The third-order valence-corrected chi connectivity index (χ3v) is 10.3. The van der Waals surface area contributed by atoms with Gasteiger partial charge in [0, 0.05) is 23.8 Å². The first kappa shape index (κ1) is 31.7. The van der Waals surface area contributed by atoms with Crippen molar-refractivity contribution in [3.8, 4) is 5.75 Å². The molecule has 5 rings (SSSR count). The number of aliphatic carboxylic acids is 1. The van der Waals surface area contributed by atoms with Crippen LogP contribution in [0.4, 0.5) is 15.9 Å². The van der Waals surface area contributed by atoms with E-state index in [0.29, 0.717) is 17.1 Å². The molecule has 0 saturated carbocycles. The van der Waals surface area contributed by atoms with Crippen molar-refractivity contribution in [3.63, 3.8) is 0 Å². The van der Waals surface area contributed by atoms with E-state index in [9.17, 15) is 27.5 Å². The second-order valence-electron chi connectivity index (χ2n) is 11.2. The number of nitrogens with zero attached hydrogens (tertiary/aromatic N) is 2. The van der Waals surface area contributed by atoms with Crippen molar-refractivity contribution in [3.05, 3.63) is 89.9 Å². The van der Waals surface area contributed by atoms with Gasteiger partial charge in [-0.25, -0.2) is 17.8 Å². The fourth-order valence-electron chi connectivity index (χ4n) is 5.80. The minimum atomic E-state index is -3.83. The zero-order valence-electron chi connectivity index (χ0n) is 25.1. The van der Waals surface area contributed by atoms with E-state index in [-0.39, 0.29) is 35.8 Å². The Morgan fingerprint density at radius 1 is 1.13 bits per heavy atom. The van der Waals surface area contributed by atoms with Crippen molar-refractivity contribution in [2.75, 3.05) is 24.2 Å². The Morgan fingerprint density at radius 3 is 2.60 bits per heavy atom. The van der Waals surface area contributed by atoms with Gasteiger partial charge >= 0.3 is 5.97 Å². The summed E-state index contributed by atoms with van der Waals surface area (Å²) in [7, 11) is -3.83. The largest absolute Gasteiger partial charge is 0.491 e. The molecule has 0 spiro atoms. The number of fused-ring (bicyclic) bond motifs is 1. The summed E-state index contributed by atoms with van der Waals surface area (Å²) in [6.45, 7) is 5.08. The van der Waals surface area contributed by atoms with Crippen LogP contribution >= 0.6 is 0 Å². The maximum atomic E-state index is 14.6. The van der Waals surface area contributed by atoms with Gasteiger partial charge in [0.05, 0.1) is 28.7 Å². The molecular weight excluding hydrogens is 599 g/mol. The van der Waals surface area contributed by atoms with Crippen LogP contribution in [0.15, 0.2) is 77.8 Å². The maximum absolute atomic E-state index is 14.6. The Bertz CT molecular complexity index is 1870. The van der Waals surface area contributed by atoms with E-state index in [1.807, 2.05) is 0 Å². The Kier molecular flexibility index (Phi) is 8.96. The lowest BCUT2D eigenvalue weighted by Crippen LogP contribution is -2.40. The number of carboxylic acids is 1. The summed E-state index contributed by atoms with van der Waals surface area (Å²) in [5.41, 5.74) is 7.19. The van der Waals surface area contributed by atoms with E-state index in [1.54, 1.807) is 69.4 Å². The molecule has 1 aliphatic rings. The van der Waals surface area contributed by atoms with Crippen molar-refractivity contribution in [2.24, 2.45) is 5.92 Å². The van der Waals surface area contributed by atoms with Crippen molar-refractivity contribution in [1.29, 1.82) is 0 Å². The predicted octanol–water partition coefficient (Wildman–Crippen LogP) is 5.36. The lowest BCUT2D eigenvalue weighted by Gasteiger charge is -2.33. The van der Waals surface area contributed by atoms with E-state index in [2.05, 4.69) is 10.3 Å². The summed E-state index contributed by atoms with van der Waals surface area (Å²) < 4.78 is 46.9. The van der Waals surface area contributed by atoms with Crippen LogP contribution in [-0.4, -0.2) is 53.7 Å². The third-order valence-electron chi connectivity index (χ3n) is 8.10. The summed E-state index contributed by atoms with van der Waals surface area (Å²) >= 11 is 0. The number of benzene rings is 3. The maximum Gasteiger partial charge on any atom is 0.309 e. The number of rotatable bonds is 10. The number of carbonyl (C=O) groups excluding carboxylic acids is 1. The number of halogens is 1. The predicted molar refractivity (Wildman–Crippen MR) is 169 cm³/mol. The molecule has 236 valence electrons. The van der Waals surface area contributed by atoms with Crippen molar-refractivity contribution >= 4 is 44.0 Å². The first-order valence-electron chi connectivity index (χ1n) is 14.6. The molecule has 1 unspecified atom stereocenters. The highest BCUT2D eigenvalue weighted by atomic mass is 32.2. The molecule has 3 aromatic carbocycles. The molecule has 0 radical (unpaired) electrons. The summed E-state index contributed by atoms with van der Waals surface area (Å²) in [5, 5.41) is 14.2. The summed E-state index contributed by atoms with van der Waals surface area (Å²) in [6, 6.07) is 15.2. The lowest BCUT2D eigenvalue weighted by molar-refractivity contribution is -0.143. The number of ether oxygens (including phenoxy) is 1. The molecule has 3 atom stereocenters. The van der Waals surface area contributed by atoms with E-state index >= 15 is 0 Å². The van der Waals surface area contributed by atoms with E-state index in [4.69, 9.17) is 10.5 Å². The summed E-state index contributed by atoms with van der Waals surface area (Å²) in [4.78, 5) is 32.6. The van der Waals surface area contributed by atoms with Crippen LogP contribution < -0.4 is 15.8 Å². The number of nitrogen functional groups attached to an aromatic ring is 1. The normalized spacial score (nSPS) is 17.4. The molecule has 1 fully saturated rings. The second-order valence-corrected chi connectivity index (χ2v) is 13.6. The van der Waals surface area contributed by atoms with Gasteiger partial charge in [-0.05, 0) is 86.2 Å². The molecule has 1 aliphatic heterocycles. The number of nitrogens with one attached hydrogen (secondary N) is 1. The first-order chi connectivity index (χ1) is 21.4. The number of carbonyl (C=O) groups is 2. The Labute approximate surface area is 260 Å². The first-order valence-corrected chi connectivity index (χ1v) is 16.2. The SMILES string of the molecule is CCOc1cc(C(Nc2ccc3c(N)nccc3c2)C(=O)N2CC[C@@H](C(=O)O)[C@H]2c2ccccc2S(=O)(=O)C(C)C)ccc1F. The molecule has 0 bridgehead atoms. The highest BCUT2D eigenvalue weighted by molar-refractivity contribution is 7.92. The van der Waals surface area contributed by atoms with Gasteiger partial charge in [0.1, 0.15) is 11.9 Å². The minimum Gasteiger partial charge on any atom is -0.491 e. The highest BCUT2D eigenvalue weighted by Crippen LogP contribution is 2.43. The Morgan fingerprint density at radius 2 is 1.89 bits per heavy atom. The number of likely N-dealkylation sites (tertiary alicyclic amines) is 1. The molecule has 4 aromatic rings. The number of amides is 1. The third kappa shape index (κ3) is 6.15. The molecule has 10 nitrogen and oxygen atoms in total. The van der Waals surface area contributed by atoms with Crippen molar-refractivity contribution in [1.82, 2.24) is 9.88 Å². The number of aromatic nitrogens is 1. The lowest BCUT2D eigenvalue weighted by atomic mass is 9.93. The van der Waals surface area contributed by atoms with E-state index in [1.165, 1.54) is 29.2 Å². The van der Waals surface area contributed by atoms with Crippen LogP contribution in [-0.2, 0) is 19.4 Å². The molecule has 1 saturated heterocycles. The van der Waals surface area contributed by atoms with Gasteiger partial charge in [0.2, 0.25) is 5.91 Å². The smallest absolute Gasteiger partial charge is 0.309 e. The van der Waals surface area contributed by atoms with Crippen LogP contribution in [0.3, 0.4) is 0 Å². The number of sulfone groups is 1. The van der Waals surface area contributed by atoms with Crippen LogP contribution in [0.1, 0.15) is 50.4 Å². The van der Waals surface area contributed by atoms with Crippen LogP contribution in [0.5, 0.6) is 5.75 Å².